The molecule has 1 aromatic heterocycles. The van der Waals surface area contributed by atoms with Crippen molar-refractivity contribution in [2.45, 2.75) is 25.4 Å². The van der Waals surface area contributed by atoms with Crippen LogP contribution in [-0.2, 0) is 6.54 Å². The largest absolute Gasteiger partial charge is 0.352 e. The molecule has 1 aliphatic rings. The van der Waals surface area contributed by atoms with E-state index in [-0.39, 0.29) is 16.6 Å². The van der Waals surface area contributed by atoms with Gasteiger partial charge in [-0.3, -0.25) is 14.7 Å². The molecule has 0 saturated carbocycles. The number of benzene rings is 1. The zero-order chi connectivity index (χ0) is 15.4. The first-order valence-corrected chi connectivity index (χ1v) is 7.86. The molecule has 0 amide bonds. The van der Waals surface area contributed by atoms with Gasteiger partial charge < -0.3 is 5.32 Å². The molecule has 0 aliphatic carbocycles. The van der Waals surface area contributed by atoms with Gasteiger partial charge in [-0.2, -0.15) is 0 Å². The summed E-state index contributed by atoms with van der Waals surface area (Å²) in [5, 5.41) is 3.41. The van der Waals surface area contributed by atoms with Gasteiger partial charge in [-0.25, -0.2) is 4.98 Å². The molecule has 3 rings (SSSR count). The molecule has 1 aromatic carbocycles. The lowest BCUT2D eigenvalue weighted by Gasteiger charge is -2.33. The van der Waals surface area contributed by atoms with Gasteiger partial charge in [0.05, 0.1) is 6.20 Å². The van der Waals surface area contributed by atoms with Crippen LogP contribution in [0.4, 0.5) is 5.95 Å². The number of piperidine rings is 1. The van der Waals surface area contributed by atoms with Crippen LogP contribution in [0.5, 0.6) is 0 Å². The van der Waals surface area contributed by atoms with Gasteiger partial charge >= 0.3 is 0 Å². The van der Waals surface area contributed by atoms with Gasteiger partial charge in [-0.1, -0.05) is 41.9 Å². The summed E-state index contributed by atoms with van der Waals surface area (Å²) in [6, 6.07) is 10.7. The lowest BCUT2D eigenvalue weighted by atomic mass is 10.0. The monoisotopic (exact) mass is 318 g/mol. The number of hydrogen-bond acceptors (Lipinski definition) is 4. The van der Waals surface area contributed by atoms with Gasteiger partial charge in [0.25, 0.3) is 5.56 Å². The smallest absolute Gasteiger partial charge is 0.271 e. The molecule has 0 spiro atoms. The Labute approximate surface area is 134 Å². The van der Waals surface area contributed by atoms with Crippen molar-refractivity contribution < 1.29 is 0 Å². The van der Waals surface area contributed by atoms with E-state index < -0.39 is 0 Å². The fourth-order valence-electron chi connectivity index (χ4n) is 2.80. The fourth-order valence-corrected chi connectivity index (χ4v) is 2.90. The third kappa shape index (κ3) is 3.87. The molecule has 22 heavy (non-hydrogen) atoms. The number of H-pyrrole nitrogens is 1. The fraction of sp³-hybridized carbons (Fsp3) is 0.375. The summed E-state index contributed by atoms with van der Waals surface area (Å²) in [4.78, 5) is 20.7. The highest BCUT2D eigenvalue weighted by molar-refractivity contribution is 6.30. The zero-order valence-electron chi connectivity index (χ0n) is 12.3. The van der Waals surface area contributed by atoms with E-state index in [0.717, 1.165) is 32.5 Å². The highest BCUT2D eigenvalue weighted by Gasteiger charge is 2.20. The van der Waals surface area contributed by atoms with Crippen molar-refractivity contribution in [1.29, 1.82) is 0 Å². The first-order chi connectivity index (χ1) is 10.7. The molecule has 2 aromatic rings. The Morgan fingerprint density at radius 2 is 2.18 bits per heavy atom. The number of halogens is 1. The Kier molecular flexibility index (Phi) is 4.75. The minimum Gasteiger partial charge on any atom is -0.352 e. The van der Waals surface area contributed by atoms with Gasteiger partial charge in [-0.15, -0.1) is 0 Å². The van der Waals surface area contributed by atoms with E-state index in [9.17, 15) is 4.79 Å². The van der Waals surface area contributed by atoms with E-state index in [4.69, 9.17) is 11.6 Å². The predicted octanol–water partition coefficient (Wildman–Crippen LogP) is 2.50. The Morgan fingerprint density at radius 1 is 1.36 bits per heavy atom. The van der Waals surface area contributed by atoms with E-state index in [1.165, 1.54) is 11.8 Å². The van der Waals surface area contributed by atoms with Crippen molar-refractivity contribution in [2.75, 3.05) is 18.4 Å². The Morgan fingerprint density at radius 3 is 2.95 bits per heavy atom. The molecule has 6 heteroatoms. The summed E-state index contributed by atoms with van der Waals surface area (Å²) in [5.41, 5.74) is 1.01. The van der Waals surface area contributed by atoms with Gasteiger partial charge in [0.15, 0.2) is 0 Å². The van der Waals surface area contributed by atoms with Crippen molar-refractivity contribution in [3.8, 4) is 0 Å². The van der Waals surface area contributed by atoms with Crippen LogP contribution in [0.15, 0.2) is 41.3 Å². The molecular formula is C16H19ClN4O. The van der Waals surface area contributed by atoms with Crippen molar-refractivity contribution in [3.63, 3.8) is 0 Å². The molecule has 0 unspecified atom stereocenters. The third-order valence-electron chi connectivity index (χ3n) is 3.85. The Hall–Kier alpha value is -1.85. The van der Waals surface area contributed by atoms with Crippen LogP contribution in [0.2, 0.25) is 5.02 Å². The third-order valence-corrected chi connectivity index (χ3v) is 4.12. The number of likely N-dealkylation sites (tertiary alicyclic amines) is 1. The first kappa shape index (κ1) is 15.1. The summed E-state index contributed by atoms with van der Waals surface area (Å²) in [5.74, 6) is 0.487. The molecule has 0 radical (unpaired) electrons. The highest BCUT2D eigenvalue weighted by atomic mass is 35.5. The molecule has 1 fully saturated rings. The maximum Gasteiger partial charge on any atom is 0.271 e. The molecule has 2 N–H and O–H groups in total. The number of anilines is 1. The molecule has 1 atom stereocenters. The van der Waals surface area contributed by atoms with Crippen LogP contribution >= 0.6 is 11.6 Å². The Bertz CT molecular complexity index is 673. The number of nitrogens with zero attached hydrogens (tertiary/aromatic N) is 2. The number of nitrogens with one attached hydrogen (secondary N) is 2. The normalized spacial score (nSPS) is 19.0. The number of aromatic amines is 1. The van der Waals surface area contributed by atoms with Crippen LogP contribution in [0.25, 0.3) is 0 Å². The van der Waals surface area contributed by atoms with Crippen molar-refractivity contribution >= 4 is 17.5 Å². The second kappa shape index (κ2) is 6.94. The van der Waals surface area contributed by atoms with E-state index in [2.05, 4.69) is 44.5 Å². The summed E-state index contributed by atoms with van der Waals surface area (Å²) in [6.45, 7) is 2.97. The summed E-state index contributed by atoms with van der Waals surface area (Å²) < 4.78 is 0. The maximum absolute atomic E-state index is 11.5. The topological polar surface area (TPSA) is 61.0 Å². The van der Waals surface area contributed by atoms with Crippen LogP contribution in [0.1, 0.15) is 18.4 Å². The predicted molar refractivity (Wildman–Crippen MR) is 88.2 cm³/mol. The van der Waals surface area contributed by atoms with Crippen LogP contribution in [-0.4, -0.2) is 34.0 Å². The van der Waals surface area contributed by atoms with Gasteiger partial charge in [-0.05, 0) is 24.9 Å². The minimum atomic E-state index is -0.309. The van der Waals surface area contributed by atoms with Crippen LogP contribution in [0, 0.1) is 0 Å². The zero-order valence-corrected chi connectivity index (χ0v) is 13.0. The average molecular weight is 319 g/mol. The quantitative estimate of drug-likeness (QED) is 0.909. The highest BCUT2D eigenvalue weighted by Crippen LogP contribution is 2.16. The second-order valence-electron chi connectivity index (χ2n) is 5.61. The van der Waals surface area contributed by atoms with Crippen molar-refractivity contribution in [3.05, 3.63) is 57.5 Å². The minimum absolute atomic E-state index is 0.111. The number of rotatable bonds is 4. The molecule has 116 valence electrons. The SMILES string of the molecule is O=c1[nH]c(N[C@@H]2CCCN(Cc3ccccc3)C2)ncc1Cl. The van der Waals surface area contributed by atoms with E-state index in [1.807, 2.05) is 6.07 Å². The lowest BCUT2D eigenvalue weighted by Crippen LogP contribution is -2.42. The summed E-state index contributed by atoms with van der Waals surface area (Å²) >= 11 is 5.69. The van der Waals surface area contributed by atoms with Gasteiger partial charge in [0.1, 0.15) is 5.02 Å². The van der Waals surface area contributed by atoms with Gasteiger partial charge in [0.2, 0.25) is 5.95 Å². The summed E-state index contributed by atoms with van der Waals surface area (Å²) in [7, 11) is 0. The Balaban J connectivity index is 1.60. The molecule has 1 saturated heterocycles. The van der Waals surface area contributed by atoms with E-state index >= 15 is 0 Å². The molecular weight excluding hydrogens is 300 g/mol. The maximum atomic E-state index is 11.5. The van der Waals surface area contributed by atoms with Crippen molar-refractivity contribution in [1.82, 2.24) is 14.9 Å². The average Bonchev–Trinajstić information content (AvgIpc) is 2.52. The van der Waals surface area contributed by atoms with Gasteiger partial charge in [0, 0.05) is 19.1 Å². The molecule has 0 bridgehead atoms. The first-order valence-electron chi connectivity index (χ1n) is 7.48. The molecule has 2 heterocycles. The van der Waals surface area contributed by atoms with E-state index in [1.54, 1.807) is 0 Å². The van der Waals surface area contributed by atoms with Crippen LogP contribution in [0.3, 0.4) is 0 Å². The summed E-state index contributed by atoms with van der Waals surface area (Å²) in [6.07, 6.45) is 3.58. The molecule has 1 aliphatic heterocycles. The number of hydrogen-bond donors (Lipinski definition) is 2. The number of aromatic nitrogens is 2. The van der Waals surface area contributed by atoms with Crippen molar-refractivity contribution in [2.24, 2.45) is 0 Å². The van der Waals surface area contributed by atoms with E-state index in [0.29, 0.717) is 5.95 Å². The molecule has 5 nitrogen and oxygen atoms in total. The second-order valence-corrected chi connectivity index (χ2v) is 6.02. The lowest BCUT2D eigenvalue weighted by molar-refractivity contribution is 0.208. The standard InChI is InChI=1S/C16H19ClN4O/c17-14-9-18-16(20-15(14)22)19-13-7-4-8-21(11-13)10-12-5-2-1-3-6-12/h1-3,5-6,9,13H,4,7-8,10-11H2,(H2,18,19,20,22)/t13-/m1/s1. The van der Waals surface area contributed by atoms with Crippen LogP contribution < -0.4 is 10.9 Å².